The Kier molecular flexibility index (Phi) is 3.70. The van der Waals surface area contributed by atoms with E-state index in [1.54, 1.807) is 49.1 Å². The Morgan fingerprint density at radius 1 is 0.818 bits per heavy atom. The van der Waals surface area contributed by atoms with E-state index >= 15 is 0 Å². The van der Waals surface area contributed by atoms with Gasteiger partial charge in [-0.05, 0) is 23.8 Å². The van der Waals surface area contributed by atoms with Gasteiger partial charge in [-0.15, -0.1) is 0 Å². The zero-order chi connectivity index (χ0) is 15.6. The molecule has 0 bridgehead atoms. The van der Waals surface area contributed by atoms with Gasteiger partial charge in [0.25, 0.3) is 0 Å². The van der Waals surface area contributed by atoms with Crippen molar-refractivity contribution in [3.63, 3.8) is 0 Å². The van der Waals surface area contributed by atoms with Crippen molar-refractivity contribution in [1.82, 2.24) is 9.97 Å². The van der Waals surface area contributed by atoms with Crippen LogP contribution in [0.1, 0.15) is 0 Å². The van der Waals surface area contributed by atoms with Gasteiger partial charge in [0.2, 0.25) is 10.0 Å². The summed E-state index contributed by atoms with van der Waals surface area (Å²) in [6, 6.07) is 12.2. The fourth-order valence-corrected chi connectivity index (χ4v) is 3.12. The van der Waals surface area contributed by atoms with Crippen LogP contribution in [0.4, 0.5) is 0 Å². The van der Waals surface area contributed by atoms with Gasteiger partial charge in [0.15, 0.2) is 0 Å². The van der Waals surface area contributed by atoms with Crippen LogP contribution in [0, 0.1) is 0 Å². The molecule has 0 radical (unpaired) electrons. The van der Waals surface area contributed by atoms with E-state index in [2.05, 4.69) is 9.97 Å². The van der Waals surface area contributed by atoms with Crippen LogP contribution in [0.2, 0.25) is 0 Å². The van der Waals surface area contributed by atoms with Crippen molar-refractivity contribution in [3.05, 3.63) is 67.3 Å². The van der Waals surface area contributed by atoms with Crippen LogP contribution in [0.5, 0.6) is 0 Å². The Morgan fingerprint density at radius 2 is 1.45 bits per heavy atom. The number of hydrogen-bond donors (Lipinski definition) is 1. The van der Waals surface area contributed by atoms with Crippen LogP contribution >= 0.6 is 0 Å². The molecule has 6 heteroatoms. The lowest BCUT2D eigenvalue weighted by Gasteiger charge is -2.13. The van der Waals surface area contributed by atoms with Crippen LogP contribution in [0.3, 0.4) is 0 Å². The van der Waals surface area contributed by atoms with E-state index in [0.717, 1.165) is 11.1 Å². The van der Waals surface area contributed by atoms with Crippen molar-refractivity contribution < 1.29 is 8.42 Å². The summed E-state index contributed by atoms with van der Waals surface area (Å²) in [7, 11) is -3.86. The minimum atomic E-state index is -3.86. The van der Waals surface area contributed by atoms with E-state index in [1.165, 1.54) is 6.07 Å². The van der Waals surface area contributed by atoms with Crippen molar-refractivity contribution in [1.29, 1.82) is 0 Å². The molecule has 3 aromatic rings. The van der Waals surface area contributed by atoms with E-state index in [4.69, 9.17) is 5.14 Å². The van der Waals surface area contributed by atoms with Gasteiger partial charge in [-0.25, -0.2) is 13.6 Å². The maximum absolute atomic E-state index is 12.0. The molecule has 5 nitrogen and oxygen atoms in total. The number of benzene rings is 1. The predicted octanol–water partition coefficient (Wildman–Crippen LogP) is 2.46. The Labute approximate surface area is 128 Å². The lowest BCUT2D eigenvalue weighted by Crippen LogP contribution is -2.14. The van der Waals surface area contributed by atoms with Gasteiger partial charge in [0, 0.05) is 41.5 Å². The van der Waals surface area contributed by atoms with Crippen LogP contribution in [-0.4, -0.2) is 18.4 Å². The van der Waals surface area contributed by atoms with E-state index in [-0.39, 0.29) is 4.90 Å². The molecular formula is C16H13N3O2S. The maximum Gasteiger partial charge on any atom is 0.238 e. The van der Waals surface area contributed by atoms with Gasteiger partial charge < -0.3 is 0 Å². The first-order valence-corrected chi connectivity index (χ1v) is 8.08. The van der Waals surface area contributed by atoms with Crippen LogP contribution < -0.4 is 5.14 Å². The Morgan fingerprint density at radius 3 is 2.00 bits per heavy atom. The standard InChI is InChI=1S/C16H13N3O2S/c17-22(20,21)15-7-1-6-14(12-4-2-8-18-10-12)16(15)13-5-3-9-19-11-13/h1-11H,(H2,17,20,21). The highest BCUT2D eigenvalue weighted by molar-refractivity contribution is 7.89. The number of hydrogen-bond acceptors (Lipinski definition) is 4. The molecule has 0 spiro atoms. The normalized spacial score (nSPS) is 11.3. The van der Waals surface area contributed by atoms with E-state index in [1.807, 2.05) is 12.1 Å². The molecule has 0 aliphatic rings. The molecule has 110 valence electrons. The van der Waals surface area contributed by atoms with E-state index in [9.17, 15) is 8.42 Å². The monoisotopic (exact) mass is 311 g/mol. The zero-order valence-corrected chi connectivity index (χ0v) is 12.4. The van der Waals surface area contributed by atoms with E-state index < -0.39 is 10.0 Å². The third kappa shape index (κ3) is 2.74. The fraction of sp³-hybridized carbons (Fsp3) is 0. The lowest BCUT2D eigenvalue weighted by molar-refractivity contribution is 0.598. The van der Waals surface area contributed by atoms with Gasteiger partial charge in [-0.2, -0.15) is 0 Å². The molecule has 0 saturated heterocycles. The van der Waals surface area contributed by atoms with Gasteiger partial charge >= 0.3 is 0 Å². The SMILES string of the molecule is NS(=O)(=O)c1cccc(-c2cccnc2)c1-c1cccnc1. The first-order valence-electron chi connectivity index (χ1n) is 6.54. The van der Waals surface area contributed by atoms with Crippen molar-refractivity contribution in [3.8, 4) is 22.3 Å². The van der Waals surface area contributed by atoms with E-state index in [0.29, 0.717) is 11.1 Å². The van der Waals surface area contributed by atoms with Crippen LogP contribution in [0.25, 0.3) is 22.3 Å². The summed E-state index contributed by atoms with van der Waals surface area (Å²) in [5.74, 6) is 0. The molecule has 0 unspecified atom stereocenters. The van der Waals surface area contributed by atoms with Crippen molar-refractivity contribution >= 4 is 10.0 Å². The number of nitrogens with zero attached hydrogens (tertiary/aromatic N) is 2. The molecule has 0 amide bonds. The van der Waals surface area contributed by atoms with Gasteiger partial charge in [-0.1, -0.05) is 24.3 Å². The number of sulfonamides is 1. The Hall–Kier alpha value is -2.57. The molecule has 0 aliphatic carbocycles. The predicted molar refractivity (Wildman–Crippen MR) is 84.3 cm³/mol. The number of primary sulfonamides is 1. The van der Waals surface area contributed by atoms with Gasteiger partial charge in [0.05, 0.1) is 4.90 Å². The molecule has 2 N–H and O–H groups in total. The molecular weight excluding hydrogens is 298 g/mol. The highest BCUT2D eigenvalue weighted by Gasteiger charge is 2.19. The average Bonchev–Trinajstić information content (AvgIpc) is 2.55. The molecule has 0 atom stereocenters. The Bertz CT molecular complexity index is 895. The summed E-state index contributed by atoms with van der Waals surface area (Å²) in [5, 5.41) is 5.38. The molecule has 0 aliphatic heterocycles. The zero-order valence-electron chi connectivity index (χ0n) is 11.5. The molecule has 0 saturated carbocycles. The summed E-state index contributed by atoms with van der Waals surface area (Å²) in [6.45, 7) is 0. The quantitative estimate of drug-likeness (QED) is 0.805. The minimum absolute atomic E-state index is 0.0712. The maximum atomic E-state index is 12.0. The topological polar surface area (TPSA) is 85.9 Å². The third-order valence-corrected chi connectivity index (χ3v) is 4.21. The highest BCUT2D eigenvalue weighted by atomic mass is 32.2. The van der Waals surface area contributed by atoms with Gasteiger partial charge in [0.1, 0.15) is 0 Å². The number of pyridine rings is 2. The van der Waals surface area contributed by atoms with Crippen LogP contribution in [-0.2, 0) is 10.0 Å². The highest BCUT2D eigenvalue weighted by Crippen LogP contribution is 2.35. The second-order valence-corrected chi connectivity index (χ2v) is 6.24. The molecule has 2 aromatic heterocycles. The average molecular weight is 311 g/mol. The second kappa shape index (κ2) is 5.67. The van der Waals surface area contributed by atoms with Crippen molar-refractivity contribution in [2.45, 2.75) is 4.90 Å². The summed E-state index contributed by atoms with van der Waals surface area (Å²) < 4.78 is 23.9. The molecule has 1 aromatic carbocycles. The van der Waals surface area contributed by atoms with Crippen molar-refractivity contribution in [2.75, 3.05) is 0 Å². The largest absolute Gasteiger partial charge is 0.264 e. The first kappa shape index (κ1) is 14.4. The second-order valence-electron chi connectivity index (χ2n) is 4.71. The van der Waals surface area contributed by atoms with Gasteiger partial charge in [-0.3, -0.25) is 9.97 Å². The summed E-state index contributed by atoms with van der Waals surface area (Å²) in [5.41, 5.74) is 2.77. The fourth-order valence-electron chi connectivity index (χ4n) is 2.34. The van der Waals surface area contributed by atoms with Crippen LogP contribution in [0.15, 0.2) is 72.1 Å². The number of rotatable bonds is 3. The number of aromatic nitrogens is 2. The lowest BCUT2D eigenvalue weighted by atomic mass is 9.96. The first-order chi connectivity index (χ1) is 10.6. The minimum Gasteiger partial charge on any atom is -0.264 e. The van der Waals surface area contributed by atoms with Crippen molar-refractivity contribution in [2.24, 2.45) is 5.14 Å². The molecule has 0 fully saturated rings. The Balaban J connectivity index is 2.37. The molecule has 2 heterocycles. The third-order valence-electron chi connectivity index (χ3n) is 3.26. The summed E-state index contributed by atoms with van der Waals surface area (Å²) in [4.78, 5) is 8.23. The smallest absolute Gasteiger partial charge is 0.238 e. The molecule has 22 heavy (non-hydrogen) atoms. The number of nitrogens with two attached hydrogens (primary N) is 1. The molecule has 3 rings (SSSR count). The summed E-state index contributed by atoms with van der Waals surface area (Å²) in [6.07, 6.45) is 6.59. The summed E-state index contributed by atoms with van der Waals surface area (Å²) >= 11 is 0.